The van der Waals surface area contributed by atoms with E-state index in [1.807, 2.05) is 0 Å². The lowest BCUT2D eigenvalue weighted by Gasteiger charge is -2.18. The lowest BCUT2D eigenvalue weighted by atomic mass is 10.0. The fraction of sp³-hybridized carbons (Fsp3) is 0.958. The minimum absolute atomic E-state index is 0.0233. The molecule has 5 nitrogen and oxygen atoms in total. The lowest BCUT2D eigenvalue weighted by molar-refractivity contribution is -0.119. The molecule has 0 aromatic heterocycles. The second-order valence-electron chi connectivity index (χ2n) is 8.78. The maximum Gasteiger partial charge on any atom is 0.217 e. The van der Waals surface area contributed by atoms with Crippen LogP contribution in [0.2, 0.25) is 0 Å². The van der Waals surface area contributed by atoms with Gasteiger partial charge in [0.05, 0.1) is 11.8 Å². The predicted octanol–water partition coefficient (Wildman–Crippen LogP) is 6.25. The maximum absolute atomic E-state index is 11.9. The fourth-order valence-electron chi connectivity index (χ4n) is 3.61. The molecule has 0 rings (SSSR count). The van der Waals surface area contributed by atoms with E-state index in [0.29, 0.717) is 12.3 Å². The molecule has 0 aliphatic carbocycles. The molecule has 2 N–H and O–H groups in total. The van der Waals surface area contributed by atoms with Gasteiger partial charge in [-0.25, -0.2) is 13.1 Å². The number of nitrogens with one attached hydrogen (secondary N) is 2. The Morgan fingerprint density at radius 1 is 0.844 bits per heavy atom. The summed E-state index contributed by atoms with van der Waals surface area (Å²) in [5, 5.41) is 2.85. The van der Waals surface area contributed by atoms with E-state index in [9.17, 15) is 13.2 Å². The van der Waals surface area contributed by atoms with Gasteiger partial charge >= 0.3 is 0 Å². The standard InChI is InChI=1S/C24H49ClN2O3S2/c1-3-4-5-6-7-8-9-10-11-12-13-14-15-16-19-31-22-24(27-23(2)28)21-26-32(29,30)20-17-18-25/h24,26H,3-22H2,1-2H3,(H,27,28). The molecule has 0 saturated heterocycles. The van der Waals surface area contributed by atoms with Crippen LogP contribution in [-0.2, 0) is 14.8 Å². The highest BCUT2D eigenvalue weighted by atomic mass is 35.5. The molecule has 0 spiro atoms. The van der Waals surface area contributed by atoms with E-state index in [1.54, 1.807) is 11.8 Å². The van der Waals surface area contributed by atoms with Gasteiger partial charge in [-0.2, -0.15) is 11.8 Å². The van der Waals surface area contributed by atoms with Gasteiger partial charge < -0.3 is 5.32 Å². The van der Waals surface area contributed by atoms with Crippen molar-refractivity contribution in [1.82, 2.24) is 10.0 Å². The summed E-state index contributed by atoms with van der Waals surface area (Å²) >= 11 is 7.35. The summed E-state index contributed by atoms with van der Waals surface area (Å²) in [5.74, 6) is 1.98. The first kappa shape index (κ1) is 32.0. The predicted molar refractivity (Wildman–Crippen MR) is 142 cm³/mol. The van der Waals surface area contributed by atoms with Crippen molar-refractivity contribution in [3.63, 3.8) is 0 Å². The topological polar surface area (TPSA) is 75.3 Å². The summed E-state index contributed by atoms with van der Waals surface area (Å²) in [4.78, 5) is 11.4. The second-order valence-corrected chi connectivity index (χ2v) is 12.2. The van der Waals surface area contributed by atoms with Gasteiger partial charge in [-0.3, -0.25) is 4.79 Å². The Kier molecular flexibility index (Phi) is 22.8. The summed E-state index contributed by atoms with van der Waals surface area (Å²) in [7, 11) is -3.33. The third-order valence-corrected chi connectivity index (χ3v) is 8.38. The van der Waals surface area contributed by atoms with Crippen molar-refractivity contribution in [2.45, 2.75) is 116 Å². The monoisotopic (exact) mass is 512 g/mol. The third-order valence-electron chi connectivity index (χ3n) is 5.46. The minimum Gasteiger partial charge on any atom is -0.351 e. The molecular formula is C24H49ClN2O3S2. The summed E-state index contributed by atoms with van der Waals surface area (Å²) in [6.45, 7) is 3.97. The van der Waals surface area contributed by atoms with Crippen LogP contribution >= 0.6 is 23.4 Å². The molecule has 0 aliphatic rings. The van der Waals surface area contributed by atoms with Gasteiger partial charge in [0.1, 0.15) is 0 Å². The average Bonchev–Trinajstić information content (AvgIpc) is 2.75. The van der Waals surface area contributed by atoms with Crippen LogP contribution in [0.5, 0.6) is 0 Å². The summed E-state index contributed by atoms with van der Waals surface area (Å²) in [6.07, 6.45) is 19.4. The Morgan fingerprint density at radius 2 is 1.34 bits per heavy atom. The molecule has 0 saturated carbocycles. The lowest BCUT2D eigenvalue weighted by Crippen LogP contribution is -2.45. The normalized spacial score (nSPS) is 12.7. The van der Waals surface area contributed by atoms with Gasteiger partial charge in [0.25, 0.3) is 0 Å². The molecular weight excluding hydrogens is 464 g/mol. The van der Waals surface area contributed by atoms with Crippen molar-refractivity contribution in [3.8, 4) is 0 Å². The number of halogens is 1. The van der Waals surface area contributed by atoms with Crippen LogP contribution in [0.25, 0.3) is 0 Å². The Labute approximate surface area is 208 Å². The quantitative estimate of drug-likeness (QED) is 0.118. The molecule has 1 atom stereocenters. The van der Waals surface area contributed by atoms with Gasteiger partial charge in [-0.1, -0.05) is 90.4 Å². The Balaban J connectivity index is 3.64. The molecule has 1 amide bonds. The molecule has 0 aromatic rings. The van der Waals surface area contributed by atoms with Crippen molar-refractivity contribution in [2.24, 2.45) is 0 Å². The zero-order valence-electron chi connectivity index (χ0n) is 20.6. The van der Waals surface area contributed by atoms with Crippen LogP contribution in [0.3, 0.4) is 0 Å². The largest absolute Gasteiger partial charge is 0.351 e. The molecule has 192 valence electrons. The molecule has 0 aromatic carbocycles. The third kappa shape index (κ3) is 23.2. The number of hydrogen-bond donors (Lipinski definition) is 2. The number of alkyl halides is 1. The van der Waals surface area contributed by atoms with Gasteiger partial charge in [-0.15, -0.1) is 11.6 Å². The second kappa shape index (κ2) is 22.8. The van der Waals surface area contributed by atoms with E-state index >= 15 is 0 Å². The first-order valence-corrected chi connectivity index (χ1v) is 16.1. The Morgan fingerprint density at radius 3 is 1.81 bits per heavy atom. The van der Waals surface area contributed by atoms with Crippen molar-refractivity contribution in [3.05, 3.63) is 0 Å². The van der Waals surface area contributed by atoms with Crippen molar-refractivity contribution in [1.29, 1.82) is 0 Å². The average molecular weight is 513 g/mol. The SMILES string of the molecule is CCCCCCCCCCCCCCCCSCC(CNS(=O)(=O)CCCCl)NC(C)=O. The zero-order valence-corrected chi connectivity index (χ0v) is 23.0. The number of unbranched alkanes of at least 4 members (excludes halogenated alkanes) is 13. The van der Waals surface area contributed by atoms with Gasteiger partial charge in [-0.05, 0) is 18.6 Å². The molecule has 0 bridgehead atoms. The first-order chi connectivity index (χ1) is 15.4. The highest BCUT2D eigenvalue weighted by molar-refractivity contribution is 7.99. The molecule has 0 heterocycles. The van der Waals surface area contributed by atoms with E-state index in [1.165, 1.54) is 96.8 Å². The Bertz CT molecular complexity index is 533. The first-order valence-electron chi connectivity index (χ1n) is 12.8. The number of carbonyl (C=O) groups excluding carboxylic acids is 1. The molecule has 0 fully saturated rings. The van der Waals surface area contributed by atoms with Crippen molar-refractivity contribution < 1.29 is 13.2 Å². The van der Waals surface area contributed by atoms with Crippen LogP contribution in [0.4, 0.5) is 0 Å². The molecule has 1 unspecified atom stereocenters. The Hall–Kier alpha value is 0.0200. The highest BCUT2D eigenvalue weighted by Crippen LogP contribution is 2.14. The van der Waals surface area contributed by atoms with E-state index in [2.05, 4.69) is 17.0 Å². The summed E-state index contributed by atoms with van der Waals surface area (Å²) in [5.41, 5.74) is 0. The summed E-state index contributed by atoms with van der Waals surface area (Å²) < 4.78 is 26.4. The number of carbonyl (C=O) groups is 1. The van der Waals surface area contributed by atoms with Gasteiger partial charge in [0.2, 0.25) is 15.9 Å². The van der Waals surface area contributed by atoms with Crippen LogP contribution in [0.15, 0.2) is 0 Å². The maximum atomic E-state index is 11.9. The molecule has 0 aliphatic heterocycles. The zero-order chi connectivity index (χ0) is 23.9. The summed E-state index contributed by atoms with van der Waals surface area (Å²) in [6, 6.07) is -0.185. The van der Waals surface area contributed by atoms with E-state index in [4.69, 9.17) is 11.6 Å². The van der Waals surface area contributed by atoms with Crippen LogP contribution in [0.1, 0.15) is 110 Å². The van der Waals surface area contributed by atoms with Crippen LogP contribution < -0.4 is 10.0 Å². The minimum atomic E-state index is -3.33. The number of thioether (sulfide) groups is 1. The van der Waals surface area contributed by atoms with Gasteiger partial charge in [0.15, 0.2) is 0 Å². The molecule has 8 heteroatoms. The highest BCUT2D eigenvalue weighted by Gasteiger charge is 2.15. The van der Waals surface area contributed by atoms with Gasteiger partial charge in [0, 0.05) is 25.1 Å². The smallest absolute Gasteiger partial charge is 0.217 e. The number of amides is 1. The van der Waals surface area contributed by atoms with Crippen LogP contribution in [-0.4, -0.2) is 50.1 Å². The van der Waals surface area contributed by atoms with Crippen LogP contribution in [0, 0.1) is 0 Å². The van der Waals surface area contributed by atoms with Crippen molar-refractivity contribution >= 4 is 39.3 Å². The number of rotatable bonds is 24. The van der Waals surface area contributed by atoms with Crippen molar-refractivity contribution in [2.75, 3.05) is 29.7 Å². The molecule has 0 radical (unpaired) electrons. The van der Waals surface area contributed by atoms with E-state index < -0.39 is 10.0 Å². The number of hydrogen-bond acceptors (Lipinski definition) is 4. The van der Waals surface area contributed by atoms with E-state index in [-0.39, 0.29) is 24.2 Å². The fourth-order valence-corrected chi connectivity index (χ4v) is 6.08. The number of sulfonamides is 1. The van der Waals surface area contributed by atoms with E-state index in [0.717, 1.165) is 11.5 Å². The molecule has 32 heavy (non-hydrogen) atoms.